The van der Waals surface area contributed by atoms with Crippen LogP contribution in [0.3, 0.4) is 0 Å². The summed E-state index contributed by atoms with van der Waals surface area (Å²) in [6, 6.07) is 8.30. The van der Waals surface area contributed by atoms with Crippen molar-refractivity contribution in [2.45, 2.75) is 11.0 Å². The van der Waals surface area contributed by atoms with E-state index in [1.807, 2.05) is 17.8 Å². The van der Waals surface area contributed by atoms with Crippen LogP contribution in [0.15, 0.2) is 33.6 Å². The predicted octanol–water partition coefficient (Wildman–Crippen LogP) is 2.53. The summed E-state index contributed by atoms with van der Waals surface area (Å²) < 4.78 is 6.81. The van der Waals surface area contributed by atoms with Crippen molar-refractivity contribution < 1.29 is 4.74 Å². The normalized spacial score (nSPS) is 21.5. The van der Waals surface area contributed by atoms with Gasteiger partial charge in [-0.2, -0.15) is 0 Å². The molecule has 1 fully saturated rings. The molecular weight excluding hydrogens is 274 g/mol. The molecule has 1 aliphatic rings. The lowest BCUT2D eigenvalue weighted by atomic mass is 10.3. The van der Waals surface area contributed by atoms with Crippen molar-refractivity contribution in [1.29, 1.82) is 0 Å². The highest BCUT2D eigenvalue weighted by Gasteiger charge is 2.13. The summed E-state index contributed by atoms with van der Waals surface area (Å²) in [5.74, 6) is 1.01. The molecule has 0 saturated carbocycles. The van der Waals surface area contributed by atoms with Crippen LogP contribution in [0.5, 0.6) is 0 Å². The summed E-state index contributed by atoms with van der Waals surface area (Å²) in [6.07, 6.45) is 0.343. The zero-order valence-electron chi connectivity index (χ0n) is 8.41. The number of nitrogens with one attached hydrogen (secondary N) is 1. The fourth-order valence-corrected chi connectivity index (χ4v) is 3.06. The van der Waals surface area contributed by atoms with Gasteiger partial charge >= 0.3 is 0 Å². The Morgan fingerprint density at radius 1 is 1.47 bits per heavy atom. The lowest BCUT2D eigenvalue weighted by molar-refractivity contribution is 0.0441. The Labute approximate surface area is 103 Å². The average molecular weight is 288 g/mol. The molecule has 0 bridgehead atoms. The molecule has 1 N–H and O–H groups in total. The summed E-state index contributed by atoms with van der Waals surface area (Å²) in [4.78, 5) is 1.28. The van der Waals surface area contributed by atoms with Crippen molar-refractivity contribution in [3.8, 4) is 0 Å². The number of thioether (sulfide) groups is 1. The minimum Gasteiger partial charge on any atom is -0.375 e. The molecule has 0 radical (unpaired) electrons. The van der Waals surface area contributed by atoms with Gasteiger partial charge in [0.05, 0.1) is 12.7 Å². The average Bonchev–Trinajstić information content (AvgIpc) is 2.29. The molecule has 0 amide bonds. The summed E-state index contributed by atoms with van der Waals surface area (Å²) in [5, 5.41) is 3.34. The third-order valence-electron chi connectivity index (χ3n) is 2.27. The summed E-state index contributed by atoms with van der Waals surface area (Å²) >= 11 is 5.39. The number of ether oxygens (including phenoxy) is 1. The largest absolute Gasteiger partial charge is 0.375 e. The van der Waals surface area contributed by atoms with Gasteiger partial charge in [0.15, 0.2) is 0 Å². The molecular formula is C11H14BrNOS. The molecule has 82 valence electrons. The molecule has 0 spiro atoms. The Balaban J connectivity index is 1.84. The molecule has 1 unspecified atom stereocenters. The highest BCUT2D eigenvalue weighted by molar-refractivity contribution is 9.10. The van der Waals surface area contributed by atoms with Gasteiger partial charge in [-0.05, 0) is 28.1 Å². The van der Waals surface area contributed by atoms with E-state index in [1.54, 1.807) is 0 Å². The first-order valence-corrected chi connectivity index (χ1v) is 6.84. The molecule has 1 aromatic rings. The highest BCUT2D eigenvalue weighted by atomic mass is 79.9. The Kier molecular flexibility index (Phi) is 4.50. The van der Waals surface area contributed by atoms with Gasteiger partial charge in [-0.3, -0.25) is 0 Å². The lowest BCUT2D eigenvalue weighted by Gasteiger charge is -2.23. The van der Waals surface area contributed by atoms with E-state index < -0.39 is 0 Å². The van der Waals surface area contributed by atoms with Crippen LogP contribution in [-0.2, 0) is 4.74 Å². The van der Waals surface area contributed by atoms with Gasteiger partial charge in [0.25, 0.3) is 0 Å². The van der Waals surface area contributed by atoms with Crippen LogP contribution in [0.25, 0.3) is 0 Å². The topological polar surface area (TPSA) is 21.3 Å². The summed E-state index contributed by atoms with van der Waals surface area (Å²) in [5.41, 5.74) is 0. The first-order chi connectivity index (χ1) is 7.36. The van der Waals surface area contributed by atoms with Crippen molar-refractivity contribution in [2.75, 3.05) is 25.4 Å². The Morgan fingerprint density at radius 2 is 2.33 bits per heavy atom. The van der Waals surface area contributed by atoms with Crippen LogP contribution in [0.4, 0.5) is 0 Å². The number of morpholine rings is 1. The van der Waals surface area contributed by atoms with Crippen LogP contribution in [0.1, 0.15) is 0 Å². The molecule has 4 heteroatoms. The minimum absolute atomic E-state index is 0.343. The van der Waals surface area contributed by atoms with Gasteiger partial charge in [-0.15, -0.1) is 11.8 Å². The maximum atomic E-state index is 5.64. The van der Waals surface area contributed by atoms with Gasteiger partial charge in [-0.1, -0.05) is 12.1 Å². The third kappa shape index (κ3) is 3.48. The number of halogens is 1. The molecule has 1 saturated heterocycles. The molecule has 0 aromatic heterocycles. The fourth-order valence-electron chi connectivity index (χ4n) is 1.47. The third-order valence-corrected chi connectivity index (χ3v) is 4.43. The van der Waals surface area contributed by atoms with Crippen LogP contribution in [-0.4, -0.2) is 31.6 Å². The second-order valence-electron chi connectivity index (χ2n) is 3.44. The molecule has 0 aliphatic carbocycles. The number of hydrogen-bond donors (Lipinski definition) is 1. The van der Waals surface area contributed by atoms with E-state index in [4.69, 9.17) is 4.74 Å². The van der Waals surface area contributed by atoms with Crippen LogP contribution < -0.4 is 5.32 Å². The number of benzene rings is 1. The molecule has 15 heavy (non-hydrogen) atoms. The second-order valence-corrected chi connectivity index (χ2v) is 5.35. The molecule has 2 nitrogen and oxygen atoms in total. The molecule has 1 aliphatic heterocycles. The van der Waals surface area contributed by atoms with E-state index in [-0.39, 0.29) is 0 Å². The fraction of sp³-hybridized carbons (Fsp3) is 0.455. The number of hydrogen-bond acceptors (Lipinski definition) is 3. The van der Waals surface area contributed by atoms with E-state index in [0.29, 0.717) is 6.10 Å². The van der Waals surface area contributed by atoms with Gasteiger partial charge in [0.1, 0.15) is 0 Å². The Hall–Kier alpha value is -0.0300. The zero-order chi connectivity index (χ0) is 10.5. The van der Waals surface area contributed by atoms with Crippen LogP contribution >= 0.6 is 27.7 Å². The Morgan fingerprint density at radius 3 is 3.07 bits per heavy atom. The van der Waals surface area contributed by atoms with E-state index in [0.717, 1.165) is 25.4 Å². The van der Waals surface area contributed by atoms with Gasteiger partial charge < -0.3 is 10.1 Å². The van der Waals surface area contributed by atoms with E-state index in [9.17, 15) is 0 Å². The van der Waals surface area contributed by atoms with Crippen LogP contribution in [0.2, 0.25) is 0 Å². The van der Waals surface area contributed by atoms with Crippen molar-refractivity contribution in [3.05, 3.63) is 28.7 Å². The van der Waals surface area contributed by atoms with Crippen molar-refractivity contribution in [3.63, 3.8) is 0 Å². The maximum absolute atomic E-state index is 5.64. The molecule has 1 aromatic carbocycles. The zero-order valence-corrected chi connectivity index (χ0v) is 10.8. The minimum atomic E-state index is 0.343. The number of rotatable bonds is 3. The van der Waals surface area contributed by atoms with Gasteiger partial charge in [-0.25, -0.2) is 0 Å². The van der Waals surface area contributed by atoms with Gasteiger partial charge in [0.2, 0.25) is 0 Å². The molecule has 2 rings (SSSR count). The molecule has 1 atom stereocenters. The van der Waals surface area contributed by atoms with Crippen molar-refractivity contribution in [2.24, 2.45) is 0 Å². The monoisotopic (exact) mass is 287 g/mol. The molecule has 1 heterocycles. The van der Waals surface area contributed by atoms with Crippen molar-refractivity contribution in [1.82, 2.24) is 5.32 Å². The summed E-state index contributed by atoms with van der Waals surface area (Å²) in [6.45, 7) is 2.79. The predicted molar refractivity (Wildman–Crippen MR) is 67.5 cm³/mol. The maximum Gasteiger partial charge on any atom is 0.0793 e. The first kappa shape index (κ1) is 11.5. The first-order valence-electron chi connectivity index (χ1n) is 5.06. The standard InChI is InChI=1S/C11H14BrNOS/c12-10-3-1-2-4-11(10)15-8-9-7-13-5-6-14-9/h1-4,9,13H,5-8H2. The summed E-state index contributed by atoms with van der Waals surface area (Å²) in [7, 11) is 0. The highest BCUT2D eigenvalue weighted by Crippen LogP contribution is 2.27. The smallest absolute Gasteiger partial charge is 0.0793 e. The van der Waals surface area contributed by atoms with E-state index in [1.165, 1.54) is 9.37 Å². The Bertz CT molecular complexity index is 315. The quantitative estimate of drug-likeness (QED) is 0.864. The SMILES string of the molecule is Brc1ccccc1SCC1CNCCO1. The van der Waals surface area contributed by atoms with Crippen molar-refractivity contribution >= 4 is 27.7 Å². The van der Waals surface area contributed by atoms with E-state index >= 15 is 0 Å². The van der Waals surface area contributed by atoms with E-state index in [2.05, 4.69) is 39.4 Å². The lowest BCUT2D eigenvalue weighted by Crippen LogP contribution is -2.39. The second kappa shape index (κ2) is 5.89. The van der Waals surface area contributed by atoms with Crippen LogP contribution in [0, 0.1) is 0 Å². The van der Waals surface area contributed by atoms with Gasteiger partial charge in [0, 0.05) is 28.2 Å².